The fourth-order valence-electron chi connectivity index (χ4n) is 2.97. The van der Waals surface area contributed by atoms with Crippen LogP contribution in [0, 0.1) is 11.3 Å². The Morgan fingerprint density at radius 3 is 2.55 bits per heavy atom. The minimum Gasteiger partial charge on any atom is -0.462 e. The van der Waals surface area contributed by atoms with Crippen molar-refractivity contribution >= 4 is 22.3 Å². The predicted octanol–water partition coefficient (Wildman–Crippen LogP) is 1.73. The summed E-state index contributed by atoms with van der Waals surface area (Å²) in [5.41, 5.74) is 7.16. The van der Waals surface area contributed by atoms with Crippen LogP contribution in [0.15, 0.2) is 0 Å². The van der Waals surface area contributed by atoms with Crippen molar-refractivity contribution in [3.63, 3.8) is 0 Å². The van der Waals surface area contributed by atoms with E-state index in [-0.39, 0.29) is 5.97 Å². The number of likely N-dealkylation sites (tertiary alicyclic amines) is 1. The first-order valence-electron chi connectivity index (χ1n) is 7.99. The third kappa shape index (κ3) is 3.99. The maximum absolute atomic E-state index is 12.1. The molecule has 1 aromatic heterocycles. The highest BCUT2D eigenvalue weighted by Gasteiger charge is 2.26. The monoisotopic (exact) mass is 322 g/mol. The first kappa shape index (κ1) is 16.8. The molecule has 0 spiro atoms. The number of ether oxygens (including phenoxy) is 1. The van der Waals surface area contributed by atoms with Gasteiger partial charge in [0.15, 0.2) is 0 Å². The first-order chi connectivity index (χ1) is 10.7. The molecule has 3 N–H and O–H groups in total. The van der Waals surface area contributed by atoms with E-state index in [1.54, 1.807) is 6.92 Å². The molecule has 0 aromatic carbocycles. The van der Waals surface area contributed by atoms with Crippen molar-refractivity contribution < 1.29 is 14.4 Å². The SMILES string of the molecule is CCOC(=O)c1sc(N)c(C#N)c1C[NH+]1CCCCCCC1. The molecule has 120 valence electrons. The fraction of sp³-hybridized carbons (Fsp3) is 0.625. The number of nitriles is 1. The van der Waals surface area contributed by atoms with Gasteiger partial charge in [-0.05, 0) is 32.6 Å². The zero-order valence-electron chi connectivity index (χ0n) is 13.1. The van der Waals surface area contributed by atoms with Gasteiger partial charge in [-0.3, -0.25) is 0 Å². The van der Waals surface area contributed by atoms with Crippen molar-refractivity contribution in [2.24, 2.45) is 0 Å². The molecular weight excluding hydrogens is 298 g/mol. The molecule has 0 saturated carbocycles. The number of rotatable bonds is 4. The standard InChI is InChI=1S/C16H23N3O2S/c1-2-21-16(20)14-13(12(10-17)15(18)22-14)11-19-8-6-4-3-5-7-9-19/h2-9,11,18H2,1H3/p+1. The van der Waals surface area contributed by atoms with Gasteiger partial charge < -0.3 is 15.4 Å². The Balaban J connectivity index is 2.23. The second-order valence-electron chi connectivity index (χ2n) is 5.68. The van der Waals surface area contributed by atoms with Gasteiger partial charge in [0.2, 0.25) is 0 Å². The molecular formula is C16H24N3O2S+. The molecule has 0 radical (unpaired) electrons. The number of nitrogens with zero attached hydrogens (tertiary/aromatic N) is 1. The van der Waals surface area contributed by atoms with E-state index in [0.717, 1.165) is 18.7 Å². The third-order valence-electron chi connectivity index (χ3n) is 4.09. The summed E-state index contributed by atoms with van der Waals surface area (Å²) in [5, 5.41) is 9.79. The average molecular weight is 322 g/mol. The number of nitrogens with one attached hydrogen (secondary N) is 1. The summed E-state index contributed by atoms with van der Waals surface area (Å²) in [6, 6.07) is 2.16. The minimum atomic E-state index is -0.359. The molecule has 2 heterocycles. The molecule has 6 heteroatoms. The number of hydrogen-bond acceptors (Lipinski definition) is 5. The number of thiophene rings is 1. The molecule has 2 rings (SSSR count). The molecule has 0 aliphatic carbocycles. The van der Waals surface area contributed by atoms with E-state index in [0.29, 0.717) is 28.6 Å². The number of carbonyl (C=O) groups is 1. The molecule has 5 nitrogen and oxygen atoms in total. The largest absolute Gasteiger partial charge is 0.462 e. The van der Waals surface area contributed by atoms with Gasteiger partial charge in [0.05, 0.1) is 30.8 Å². The van der Waals surface area contributed by atoms with Crippen LogP contribution in [0.1, 0.15) is 59.8 Å². The van der Waals surface area contributed by atoms with Gasteiger partial charge in [-0.25, -0.2) is 4.79 Å². The van der Waals surface area contributed by atoms with Gasteiger partial charge in [0.1, 0.15) is 22.5 Å². The van der Waals surface area contributed by atoms with E-state index >= 15 is 0 Å². The van der Waals surface area contributed by atoms with Crippen LogP contribution in [0.2, 0.25) is 0 Å². The van der Waals surface area contributed by atoms with Gasteiger partial charge >= 0.3 is 5.97 Å². The van der Waals surface area contributed by atoms with Crippen molar-refractivity contribution in [1.82, 2.24) is 0 Å². The topological polar surface area (TPSA) is 80.5 Å². The summed E-state index contributed by atoms with van der Waals surface area (Å²) in [4.78, 5) is 14.1. The molecule has 1 saturated heterocycles. The summed E-state index contributed by atoms with van der Waals surface area (Å²) < 4.78 is 5.11. The summed E-state index contributed by atoms with van der Waals surface area (Å²) in [5.74, 6) is -0.359. The Bertz CT molecular complexity index is 554. The third-order valence-corrected chi connectivity index (χ3v) is 5.14. The molecule has 0 atom stereocenters. The Kier molecular flexibility index (Phi) is 6.22. The summed E-state index contributed by atoms with van der Waals surface area (Å²) in [7, 11) is 0. The lowest BCUT2D eigenvalue weighted by Gasteiger charge is -2.22. The summed E-state index contributed by atoms with van der Waals surface area (Å²) in [6.45, 7) is 4.97. The van der Waals surface area contributed by atoms with Gasteiger partial charge in [0.25, 0.3) is 0 Å². The highest BCUT2D eigenvalue weighted by molar-refractivity contribution is 7.18. The molecule has 1 aliphatic rings. The molecule has 22 heavy (non-hydrogen) atoms. The normalized spacial score (nSPS) is 16.5. The molecule has 0 unspecified atom stereocenters. The Labute approximate surface area is 135 Å². The second-order valence-corrected chi connectivity index (χ2v) is 6.73. The van der Waals surface area contributed by atoms with Gasteiger partial charge in [-0.2, -0.15) is 5.26 Å². The lowest BCUT2D eigenvalue weighted by atomic mass is 10.1. The number of nitrogen functional groups attached to an aromatic ring is 1. The van der Waals surface area contributed by atoms with E-state index < -0.39 is 0 Å². The van der Waals surface area contributed by atoms with Crippen LogP contribution < -0.4 is 10.6 Å². The Morgan fingerprint density at radius 2 is 1.95 bits per heavy atom. The van der Waals surface area contributed by atoms with Crippen molar-refractivity contribution in [3.8, 4) is 6.07 Å². The van der Waals surface area contributed by atoms with Crippen LogP contribution in [-0.2, 0) is 11.3 Å². The lowest BCUT2D eigenvalue weighted by Crippen LogP contribution is -3.10. The van der Waals surface area contributed by atoms with Crippen molar-refractivity contribution in [2.45, 2.75) is 45.6 Å². The Hall–Kier alpha value is -1.58. The lowest BCUT2D eigenvalue weighted by molar-refractivity contribution is -0.914. The number of anilines is 1. The summed E-state index contributed by atoms with van der Waals surface area (Å²) >= 11 is 1.18. The number of carbonyl (C=O) groups excluding carboxylic acids is 1. The smallest absolute Gasteiger partial charge is 0.348 e. The highest BCUT2D eigenvalue weighted by atomic mass is 32.1. The van der Waals surface area contributed by atoms with Crippen molar-refractivity contribution in [1.29, 1.82) is 5.26 Å². The van der Waals surface area contributed by atoms with E-state index in [1.807, 2.05) is 0 Å². The molecule has 0 bridgehead atoms. The minimum absolute atomic E-state index is 0.328. The van der Waals surface area contributed by atoms with E-state index in [1.165, 1.54) is 48.3 Å². The molecule has 0 amide bonds. The molecule has 1 aromatic rings. The van der Waals surface area contributed by atoms with Crippen LogP contribution in [-0.4, -0.2) is 25.7 Å². The number of esters is 1. The van der Waals surface area contributed by atoms with E-state index in [2.05, 4.69) is 6.07 Å². The second kappa shape index (κ2) is 8.16. The summed E-state index contributed by atoms with van der Waals surface area (Å²) in [6.07, 6.45) is 6.25. The number of hydrogen-bond donors (Lipinski definition) is 2. The maximum atomic E-state index is 12.1. The van der Waals surface area contributed by atoms with Crippen LogP contribution >= 0.6 is 11.3 Å². The van der Waals surface area contributed by atoms with Crippen LogP contribution in [0.25, 0.3) is 0 Å². The molecule has 1 aliphatic heterocycles. The van der Waals surface area contributed by atoms with Crippen LogP contribution in [0.5, 0.6) is 0 Å². The maximum Gasteiger partial charge on any atom is 0.348 e. The van der Waals surface area contributed by atoms with E-state index in [9.17, 15) is 10.1 Å². The van der Waals surface area contributed by atoms with Crippen molar-refractivity contribution in [2.75, 3.05) is 25.4 Å². The number of nitrogens with two attached hydrogens (primary N) is 1. The van der Waals surface area contributed by atoms with Crippen molar-refractivity contribution in [3.05, 3.63) is 16.0 Å². The number of quaternary nitrogens is 1. The first-order valence-corrected chi connectivity index (χ1v) is 8.81. The zero-order valence-corrected chi connectivity index (χ0v) is 13.9. The highest BCUT2D eigenvalue weighted by Crippen LogP contribution is 2.30. The fourth-order valence-corrected chi connectivity index (χ4v) is 3.90. The predicted molar refractivity (Wildman–Crippen MR) is 86.9 cm³/mol. The van der Waals surface area contributed by atoms with Gasteiger partial charge in [0, 0.05) is 0 Å². The Morgan fingerprint density at radius 1 is 1.32 bits per heavy atom. The average Bonchev–Trinajstić information content (AvgIpc) is 2.78. The zero-order chi connectivity index (χ0) is 15.9. The van der Waals surface area contributed by atoms with Crippen LogP contribution in [0.4, 0.5) is 5.00 Å². The van der Waals surface area contributed by atoms with Crippen LogP contribution in [0.3, 0.4) is 0 Å². The quantitative estimate of drug-likeness (QED) is 0.827. The van der Waals surface area contributed by atoms with Gasteiger partial charge in [-0.15, -0.1) is 11.3 Å². The molecule has 1 fully saturated rings. The van der Waals surface area contributed by atoms with Gasteiger partial charge in [-0.1, -0.05) is 6.42 Å². The van der Waals surface area contributed by atoms with E-state index in [4.69, 9.17) is 10.5 Å².